The van der Waals surface area contributed by atoms with Crippen molar-refractivity contribution >= 4 is 9.84 Å². The SMILES string of the molecule is C=CC=CS(=O)(=O)c1ccc(OC)cc1. The second-order valence-electron chi connectivity index (χ2n) is 2.78. The third-order valence-electron chi connectivity index (χ3n) is 1.78. The van der Waals surface area contributed by atoms with Crippen LogP contribution in [0.4, 0.5) is 0 Å². The van der Waals surface area contributed by atoms with Crippen molar-refractivity contribution in [2.24, 2.45) is 0 Å². The lowest BCUT2D eigenvalue weighted by molar-refractivity contribution is 0.414. The Labute approximate surface area is 89.6 Å². The molecule has 0 amide bonds. The summed E-state index contributed by atoms with van der Waals surface area (Å²) in [6.07, 6.45) is 2.81. The lowest BCUT2D eigenvalue weighted by atomic mass is 10.3. The first-order chi connectivity index (χ1) is 7.10. The highest BCUT2D eigenvalue weighted by Gasteiger charge is 2.09. The lowest BCUT2D eigenvalue weighted by Crippen LogP contribution is -1.95. The maximum Gasteiger partial charge on any atom is 0.199 e. The molecule has 1 aromatic carbocycles. The fourth-order valence-corrected chi connectivity index (χ4v) is 1.99. The Bertz CT molecular complexity index is 455. The number of methoxy groups -OCH3 is 1. The van der Waals surface area contributed by atoms with E-state index >= 15 is 0 Å². The van der Waals surface area contributed by atoms with E-state index in [9.17, 15) is 8.42 Å². The van der Waals surface area contributed by atoms with Gasteiger partial charge in [-0.05, 0) is 24.3 Å². The van der Waals surface area contributed by atoms with Gasteiger partial charge in [0.1, 0.15) is 5.75 Å². The average molecular weight is 224 g/mol. The summed E-state index contributed by atoms with van der Waals surface area (Å²) < 4.78 is 28.2. The highest BCUT2D eigenvalue weighted by atomic mass is 32.2. The molecule has 0 aromatic heterocycles. The Balaban J connectivity index is 3.06. The van der Waals surface area contributed by atoms with Gasteiger partial charge in [0.15, 0.2) is 9.84 Å². The molecule has 1 rings (SSSR count). The lowest BCUT2D eigenvalue weighted by Gasteiger charge is -2.01. The van der Waals surface area contributed by atoms with Gasteiger partial charge in [0.2, 0.25) is 0 Å². The molecular weight excluding hydrogens is 212 g/mol. The zero-order chi connectivity index (χ0) is 11.3. The number of sulfone groups is 1. The number of hydrogen-bond donors (Lipinski definition) is 0. The maximum atomic E-state index is 11.6. The predicted molar refractivity (Wildman–Crippen MR) is 59.5 cm³/mol. The zero-order valence-electron chi connectivity index (χ0n) is 8.38. The van der Waals surface area contributed by atoms with Crippen LogP contribution in [0.3, 0.4) is 0 Å². The molecule has 0 aliphatic rings. The molecule has 0 radical (unpaired) electrons. The molecule has 4 heteroatoms. The Morgan fingerprint density at radius 3 is 2.33 bits per heavy atom. The van der Waals surface area contributed by atoms with E-state index in [1.165, 1.54) is 31.4 Å². The van der Waals surface area contributed by atoms with E-state index in [1.807, 2.05) is 0 Å². The van der Waals surface area contributed by atoms with E-state index in [0.717, 1.165) is 5.41 Å². The quantitative estimate of drug-likeness (QED) is 0.736. The minimum atomic E-state index is -3.35. The van der Waals surface area contributed by atoms with Crippen LogP contribution in [0.15, 0.2) is 53.3 Å². The van der Waals surface area contributed by atoms with Crippen LogP contribution in [0, 0.1) is 0 Å². The average Bonchev–Trinajstić information content (AvgIpc) is 2.26. The molecule has 15 heavy (non-hydrogen) atoms. The Morgan fingerprint density at radius 2 is 1.87 bits per heavy atom. The summed E-state index contributed by atoms with van der Waals surface area (Å²) in [5.41, 5.74) is 0. The number of rotatable bonds is 4. The maximum absolute atomic E-state index is 11.6. The van der Waals surface area contributed by atoms with Gasteiger partial charge in [-0.25, -0.2) is 8.42 Å². The van der Waals surface area contributed by atoms with Crippen LogP contribution in [0.5, 0.6) is 5.75 Å². The normalized spacial score (nSPS) is 11.5. The molecule has 0 saturated heterocycles. The van der Waals surface area contributed by atoms with Gasteiger partial charge in [-0.15, -0.1) is 0 Å². The highest BCUT2D eigenvalue weighted by Crippen LogP contribution is 2.17. The molecule has 80 valence electrons. The summed E-state index contributed by atoms with van der Waals surface area (Å²) in [6, 6.07) is 6.21. The van der Waals surface area contributed by atoms with E-state index in [4.69, 9.17) is 4.74 Å². The molecule has 0 atom stereocenters. The molecule has 1 aromatic rings. The summed E-state index contributed by atoms with van der Waals surface area (Å²) in [5, 5.41) is 1.11. The van der Waals surface area contributed by atoms with Crippen molar-refractivity contribution < 1.29 is 13.2 Å². The Morgan fingerprint density at radius 1 is 1.27 bits per heavy atom. The largest absolute Gasteiger partial charge is 0.497 e. The molecular formula is C11H12O3S. The van der Waals surface area contributed by atoms with E-state index in [-0.39, 0.29) is 4.90 Å². The van der Waals surface area contributed by atoms with Gasteiger partial charge in [0.05, 0.1) is 12.0 Å². The molecule has 0 unspecified atom stereocenters. The van der Waals surface area contributed by atoms with Gasteiger partial charge in [0, 0.05) is 5.41 Å². The van der Waals surface area contributed by atoms with Crippen molar-refractivity contribution in [2.45, 2.75) is 4.90 Å². The van der Waals surface area contributed by atoms with Crippen LogP contribution in [0.1, 0.15) is 0 Å². The molecule has 0 spiro atoms. The summed E-state index contributed by atoms with van der Waals surface area (Å²) in [4.78, 5) is 0.237. The van der Waals surface area contributed by atoms with Crippen LogP contribution < -0.4 is 4.74 Å². The third-order valence-corrected chi connectivity index (χ3v) is 3.23. The van der Waals surface area contributed by atoms with Gasteiger partial charge < -0.3 is 4.74 Å². The molecule has 0 fully saturated rings. The van der Waals surface area contributed by atoms with Crippen molar-refractivity contribution in [2.75, 3.05) is 7.11 Å². The van der Waals surface area contributed by atoms with Gasteiger partial charge in [-0.3, -0.25) is 0 Å². The second kappa shape index (κ2) is 4.79. The Hall–Kier alpha value is -1.55. The fraction of sp³-hybridized carbons (Fsp3) is 0.0909. The summed E-state index contributed by atoms with van der Waals surface area (Å²) in [5.74, 6) is 0.627. The predicted octanol–water partition coefficient (Wildman–Crippen LogP) is 2.17. The number of allylic oxidation sites excluding steroid dienone is 2. The van der Waals surface area contributed by atoms with Crippen molar-refractivity contribution in [1.29, 1.82) is 0 Å². The van der Waals surface area contributed by atoms with Crippen molar-refractivity contribution in [3.8, 4) is 5.75 Å². The van der Waals surface area contributed by atoms with Gasteiger partial charge in [0.25, 0.3) is 0 Å². The highest BCUT2D eigenvalue weighted by molar-refractivity contribution is 7.94. The van der Waals surface area contributed by atoms with Crippen LogP contribution in [0.25, 0.3) is 0 Å². The van der Waals surface area contributed by atoms with Crippen molar-refractivity contribution in [3.05, 3.63) is 48.4 Å². The van der Waals surface area contributed by atoms with Crippen LogP contribution in [-0.2, 0) is 9.84 Å². The van der Waals surface area contributed by atoms with Gasteiger partial charge in [-0.2, -0.15) is 0 Å². The summed E-state index contributed by atoms with van der Waals surface area (Å²) in [6.45, 7) is 3.41. The van der Waals surface area contributed by atoms with Crippen LogP contribution >= 0.6 is 0 Å². The van der Waals surface area contributed by atoms with Gasteiger partial charge >= 0.3 is 0 Å². The Kier molecular flexibility index (Phi) is 3.68. The zero-order valence-corrected chi connectivity index (χ0v) is 9.20. The molecule has 3 nitrogen and oxygen atoms in total. The van der Waals surface area contributed by atoms with Crippen LogP contribution in [-0.4, -0.2) is 15.5 Å². The molecule has 0 saturated carbocycles. The fourth-order valence-electron chi connectivity index (χ4n) is 1.00. The third kappa shape index (κ3) is 2.95. The van der Waals surface area contributed by atoms with E-state index in [1.54, 1.807) is 12.1 Å². The summed E-state index contributed by atoms with van der Waals surface area (Å²) in [7, 11) is -1.83. The molecule has 0 aliphatic carbocycles. The standard InChI is InChI=1S/C11H12O3S/c1-3-4-9-15(12,13)11-7-5-10(14-2)6-8-11/h3-9H,1H2,2H3. The number of ether oxygens (including phenoxy) is 1. The first-order valence-corrected chi connectivity index (χ1v) is 5.83. The number of benzene rings is 1. The van der Waals surface area contributed by atoms with Crippen molar-refractivity contribution in [1.82, 2.24) is 0 Å². The molecule has 0 bridgehead atoms. The molecule has 0 N–H and O–H groups in total. The number of hydrogen-bond acceptors (Lipinski definition) is 3. The van der Waals surface area contributed by atoms with Gasteiger partial charge in [-0.1, -0.05) is 18.7 Å². The minimum Gasteiger partial charge on any atom is -0.497 e. The van der Waals surface area contributed by atoms with Crippen molar-refractivity contribution in [3.63, 3.8) is 0 Å². The molecule has 0 heterocycles. The first-order valence-electron chi connectivity index (χ1n) is 4.28. The minimum absolute atomic E-state index is 0.237. The smallest absolute Gasteiger partial charge is 0.199 e. The topological polar surface area (TPSA) is 43.4 Å². The van der Waals surface area contributed by atoms with E-state index in [2.05, 4.69) is 6.58 Å². The van der Waals surface area contributed by atoms with E-state index in [0.29, 0.717) is 5.75 Å². The second-order valence-corrected chi connectivity index (χ2v) is 4.62. The molecule has 0 aliphatic heterocycles. The summed E-state index contributed by atoms with van der Waals surface area (Å²) >= 11 is 0. The van der Waals surface area contributed by atoms with Crippen LogP contribution in [0.2, 0.25) is 0 Å². The monoisotopic (exact) mass is 224 g/mol. The first kappa shape index (κ1) is 11.5. The van der Waals surface area contributed by atoms with E-state index < -0.39 is 9.84 Å².